The lowest BCUT2D eigenvalue weighted by Gasteiger charge is -2.25. The Bertz CT molecular complexity index is 915. The first kappa shape index (κ1) is 18.3. The molecule has 8 heteroatoms. The zero-order valence-corrected chi connectivity index (χ0v) is 16.6. The van der Waals surface area contributed by atoms with Gasteiger partial charge in [-0.2, -0.15) is 14.1 Å². The highest BCUT2D eigenvalue weighted by atomic mass is 79.9. The van der Waals surface area contributed by atoms with Crippen molar-refractivity contribution in [2.75, 3.05) is 13.1 Å². The summed E-state index contributed by atoms with van der Waals surface area (Å²) in [5, 5.41) is 4.23. The van der Waals surface area contributed by atoms with E-state index in [1.807, 2.05) is 6.07 Å². The molecule has 0 bridgehead atoms. The highest BCUT2D eigenvalue weighted by Crippen LogP contribution is 2.27. The number of sulfonamides is 1. The smallest absolute Gasteiger partial charge is 0.267 e. The van der Waals surface area contributed by atoms with Crippen molar-refractivity contribution >= 4 is 31.9 Å². The number of rotatable bonds is 3. The minimum Gasteiger partial charge on any atom is -0.267 e. The van der Waals surface area contributed by atoms with Gasteiger partial charge in [-0.05, 0) is 54.8 Å². The van der Waals surface area contributed by atoms with Crippen molar-refractivity contribution in [1.82, 2.24) is 14.1 Å². The Kier molecular flexibility index (Phi) is 5.13. The lowest BCUT2D eigenvalue weighted by atomic mass is 10.2. The van der Waals surface area contributed by atoms with E-state index >= 15 is 0 Å². The van der Waals surface area contributed by atoms with Crippen LogP contribution in [0.5, 0.6) is 0 Å². The van der Waals surface area contributed by atoms with Crippen LogP contribution >= 0.6 is 15.9 Å². The topological polar surface area (TPSA) is 72.3 Å². The molecule has 1 saturated heterocycles. The van der Waals surface area contributed by atoms with Gasteiger partial charge >= 0.3 is 0 Å². The molecule has 1 aromatic carbocycles. The molecule has 134 valence electrons. The maximum Gasteiger partial charge on any atom is 0.279 e. The van der Waals surface area contributed by atoms with Crippen LogP contribution in [0.25, 0.3) is 0 Å². The first-order valence-corrected chi connectivity index (χ1v) is 10.4. The Hall–Kier alpha value is -1.51. The van der Waals surface area contributed by atoms with Gasteiger partial charge in [0, 0.05) is 17.6 Å². The number of benzene rings is 1. The molecule has 2 aromatic rings. The predicted octanol–water partition coefficient (Wildman–Crippen LogP) is 3.13. The summed E-state index contributed by atoms with van der Waals surface area (Å²) >= 11 is 3.36. The quantitative estimate of drug-likeness (QED) is 0.756. The Morgan fingerprint density at radius 3 is 2.40 bits per heavy atom. The van der Waals surface area contributed by atoms with E-state index in [4.69, 9.17) is 0 Å². The van der Waals surface area contributed by atoms with Gasteiger partial charge in [-0.25, -0.2) is 8.42 Å². The summed E-state index contributed by atoms with van der Waals surface area (Å²) in [7, 11) is -3.64. The predicted molar refractivity (Wildman–Crippen MR) is 98.2 cm³/mol. The molecule has 0 saturated carbocycles. The lowest BCUT2D eigenvalue weighted by molar-refractivity contribution is 0.0941. The number of nitrogens with zero attached hydrogens (tertiary/aromatic N) is 3. The van der Waals surface area contributed by atoms with Crippen LogP contribution in [-0.4, -0.2) is 41.5 Å². The first-order valence-electron chi connectivity index (χ1n) is 8.19. The highest BCUT2D eigenvalue weighted by molar-refractivity contribution is 9.10. The minimum absolute atomic E-state index is 0.148. The molecule has 0 radical (unpaired) electrons. The van der Waals surface area contributed by atoms with Crippen molar-refractivity contribution < 1.29 is 13.2 Å². The van der Waals surface area contributed by atoms with Gasteiger partial charge in [0.05, 0.1) is 17.0 Å². The molecule has 0 atom stereocenters. The molecule has 1 aliphatic heterocycles. The van der Waals surface area contributed by atoms with Crippen molar-refractivity contribution in [1.29, 1.82) is 0 Å². The number of carbonyl (C=O) groups excluding carboxylic acids is 1. The van der Waals surface area contributed by atoms with Crippen molar-refractivity contribution in [3.8, 4) is 0 Å². The SMILES string of the molecule is Cc1nn(C(=O)c2ccccc2Br)c(C)c1S(=O)(=O)N1CCCCC1. The Balaban J connectivity index is 2.04. The summed E-state index contributed by atoms with van der Waals surface area (Å²) in [4.78, 5) is 13.0. The summed E-state index contributed by atoms with van der Waals surface area (Å²) in [5.41, 5.74) is 1.14. The highest BCUT2D eigenvalue weighted by Gasteiger charge is 2.33. The van der Waals surface area contributed by atoms with Crippen LogP contribution < -0.4 is 0 Å². The lowest BCUT2D eigenvalue weighted by Crippen LogP contribution is -2.36. The van der Waals surface area contributed by atoms with Gasteiger partial charge in [-0.3, -0.25) is 4.79 Å². The van der Waals surface area contributed by atoms with Gasteiger partial charge in [-0.15, -0.1) is 0 Å². The van der Waals surface area contributed by atoms with Crippen LogP contribution in [0.15, 0.2) is 33.6 Å². The van der Waals surface area contributed by atoms with Gasteiger partial charge in [0.15, 0.2) is 0 Å². The second-order valence-corrected chi connectivity index (χ2v) is 8.89. The van der Waals surface area contributed by atoms with Gasteiger partial charge in [0.25, 0.3) is 5.91 Å². The van der Waals surface area contributed by atoms with E-state index in [0.29, 0.717) is 34.5 Å². The molecule has 0 amide bonds. The molecular formula is C17H20BrN3O3S. The number of aromatic nitrogens is 2. The van der Waals surface area contributed by atoms with Gasteiger partial charge in [0.2, 0.25) is 10.0 Å². The largest absolute Gasteiger partial charge is 0.279 e. The standard InChI is InChI=1S/C17H20BrN3O3S/c1-12-16(25(23,24)20-10-6-3-7-11-20)13(2)21(19-12)17(22)14-8-4-5-9-15(14)18/h4-5,8-9H,3,6-7,10-11H2,1-2H3. The molecular weight excluding hydrogens is 406 g/mol. The van der Waals surface area contributed by atoms with E-state index in [1.54, 1.807) is 32.0 Å². The minimum atomic E-state index is -3.64. The Labute approximate surface area is 156 Å². The molecule has 6 nitrogen and oxygen atoms in total. The number of aryl methyl sites for hydroxylation is 1. The van der Waals surface area contributed by atoms with Crippen LogP contribution in [0.2, 0.25) is 0 Å². The fourth-order valence-corrected chi connectivity index (χ4v) is 5.51. The molecule has 1 aromatic heterocycles. The van der Waals surface area contributed by atoms with Crippen molar-refractivity contribution in [3.63, 3.8) is 0 Å². The zero-order valence-electron chi connectivity index (χ0n) is 14.2. The molecule has 1 aliphatic rings. The van der Waals surface area contributed by atoms with E-state index in [9.17, 15) is 13.2 Å². The van der Waals surface area contributed by atoms with Crippen LogP contribution in [0, 0.1) is 13.8 Å². The number of piperidine rings is 1. The number of carbonyl (C=O) groups is 1. The number of halogens is 1. The molecule has 0 unspecified atom stereocenters. The summed E-state index contributed by atoms with van der Waals surface area (Å²) < 4.78 is 29.4. The Morgan fingerprint density at radius 1 is 1.12 bits per heavy atom. The summed E-state index contributed by atoms with van der Waals surface area (Å²) in [5.74, 6) is -0.354. The van der Waals surface area contributed by atoms with E-state index in [2.05, 4.69) is 21.0 Å². The molecule has 1 fully saturated rings. The van der Waals surface area contributed by atoms with Crippen LogP contribution in [0.1, 0.15) is 41.0 Å². The summed E-state index contributed by atoms with van der Waals surface area (Å²) in [6.45, 7) is 4.30. The molecule has 25 heavy (non-hydrogen) atoms. The summed E-state index contributed by atoms with van der Waals surface area (Å²) in [6.07, 6.45) is 2.77. The van der Waals surface area contributed by atoms with Crippen LogP contribution in [0.4, 0.5) is 0 Å². The molecule has 0 aliphatic carbocycles. The van der Waals surface area contributed by atoms with Gasteiger partial charge < -0.3 is 0 Å². The normalized spacial score (nSPS) is 16.1. The molecule has 0 N–H and O–H groups in total. The van der Waals surface area contributed by atoms with Gasteiger partial charge in [-0.1, -0.05) is 18.6 Å². The second kappa shape index (κ2) is 7.01. The van der Waals surface area contributed by atoms with Crippen molar-refractivity contribution in [2.24, 2.45) is 0 Å². The first-order chi connectivity index (χ1) is 11.8. The fourth-order valence-electron chi connectivity index (χ4n) is 3.18. The number of hydrogen-bond donors (Lipinski definition) is 0. The maximum absolute atomic E-state index is 13.0. The monoisotopic (exact) mass is 425 g/mol. The molecule has 3 rings (SSSR count). The van der Waals surface area contributed by atoms with E-state index in [-0.39, 0.29) is 10.8 Å². The van der Waals surface area contributed by atoms with Crippen molar-refractivity contribution in [2.45, 2.75) is 38.0 Å². The van der Waals surface area contributed by atoms with Gasteiger partial charge in [0.1, 0.15) is 4.90 Å². The summed E-state index contributed by atoms with van der Waals surface area (Å²) in [6, 6.07) is 7.02. The molecule has 0 spiro atoms. The third-order valence-corrected chi connectivity index (χ3v) is 7.28. The van der Waals surface area contributed by atoms with E-state index in [0.717, 1.165) is 19.3 Å². The fraction of sp³-hybridized carbons (Fsp3) is 0.412. The zero-order chi connectivity index (χ0) is 18.2. The van der Waals surface area contributed by atoms with E-state index in [1.165, 1.54) is 8.99 Å². The third kappa shape index (κ3) is 3.30. The van der Waals surface area contributed by atoms with E-state index < -0.39 is 10.0 Å². The average molecular weight is 426 g/mol. The molecule has 2 heterocycles. The van der Waals surface area contributed by atoms with Crippen molar-refractivity contribution in [3.05, 3.63) is 45.7 Å². The van der Waals surface area contributed by atoms with Crippen LogP contribution in [0.3, 0.4) is 0 Å². The Morgan fingerprint density at radius 2 is 1.76 bits per heavy atom. The third-order valence-electron chi connectivity index (χ3n) is 4.43. The number of hydrogen-bond acceptors (Lipinski definition) is 4. The second-order valence-electron chi connectivity index (χ2n) is 6.16. The maximum atomic E-state index is 13.0. The average Bonchev–Trinajstić information content (AvgIpc) is 2.90. The van der Waals surface area contributed by atoms with Crippen LogP contribution in [-0.2, 0) is 10.0 Å².